The summed E-state index contributed by atoms with van der Waals surface area (Å²) >= 11 is 24.5. The monoisotopic (exact) mass is 634 g/mol. The van der Waals surface area contributed by atoms with Crippen LogP contribution in [0.5, 0.6) is 0 Å². The molecule has 1 saturated heterocycles. The number of rotatable bonds is 11. The SMILES string of the molecule is O=C(CCc1ccc(Cl)c(Cl)c1)N1CC(Cc2ccccc2)N(C(=O)CCc2ccc(Cl)c(Cl)c2)CC1CCCO. The average molecular weight is 636 g/mol. The number of nitrogens with zero attached hydrogens (tertiary/aromatic N) is 2. The zero-order chi connectivity index (χ0) is 29.4. The van der Waals surface area contributed by atoms with Crippen LogP contribution in [-0.2, 0) is 28.9 Å². The molecule has 2 amide bonds. The number of hydrogen-bond donors (Lipinski definition) is 1. The quantitative estimate of drug-likeness (QED) is 0.241. The highest BCUT2D eigenvalue weighted by Gasteiger charge is 2.37. The Morgan fingerprint density at radius 3 is 1.71 bits per heavy atom. The minimum absolute atomic E-state index is 0.0278. The van der Waals surface area contributed by atoms with Crippen LogP contribution in [0.15, 0.2) is 66.7 Å². The summed E-state index contributed by atoms with van der Waals surface area (Å²) in [5, 5.41) is 11.5. The number of aliphatic hydroxyl groups excluding tert-OH is 1. The van der Waals surface area contributed by atoms with Crippen molar-refractivity contribution >= 4 is 58.2 Å². The number of carbonyl (C=O) groups excluding carboxylic acids is 2. The topological polar surface area (TPSA) is 60.9 Å². The molecule has 41 heavy (non-hydrogen) atoms. The molecular weight excluding hydrogens is 602 g/mol. The summed E-state index contributed by atoms with van der Waals surface area (Å²) in [5.41, 5.74) is 2.99. The number of aliphatic hydroxyl groups is 1. The maximum absolute atomic E-state index is 13.7. The third kappa shape index (κ3) is 8.86. The standard InChI is InChI=1S/C32H34Cl4N2O3/c33-27-12-8-23(18-29(27)35)10-14-31(40)37-21-26(17-22-5-2-1-3-6-22)38(20-25(37)7-4-16-39)32(41)15-11-24-9-13-28(34)30(36)19-24/h1-3,5-6,8-9,12-13,18-19,25-26,39H,4,7,10-11,14-17,20-21H2. The molecule has 0 aromatic heterocycles. The average Bonchev–Trinajstić information content (AvgIpc) is 2.97. The van der Waals surface area contributed by atoms with Crippen LogP contribution in [0.25, 0.3) is 0 Å². The molecule has 2 atom stereocenters. The van der Waals surface area contributed by atoms with Gasteiger partial charge in [0.2, 0.25) is 11.8 Å². The fourth-order valence-corrected chi connectivity index (χ4v) is 6.02. The molecule has 3 aromatic carbocycles. The predicted octanol–water partition coefficient (Wildman–Crippen LogP) is 7.29. The Bertz CT molecular complexity index is 1340. The Balaban J connectivity index is 1.51. The van der Waals surface area contributed by atoms with Crippen LogP contribution in [0, 0.1) is 0 Å². The Morgan fingerprint density at radius 2 is 1.20 bits per heavy atom. The highest BCUT2D eigenvalue weighted by molar-refractivity contribution is 6.42. The Hall–Kier alpha value is -2.28. The normalized spacial score (nSPS) is 17.1. The fourth-order valence-electron chi connectivity index (χ4n) is 5.38. The zero-order valence-corrected chi connectivity index (χ0v) is 25.8. The first-order valence-electron chi connectivity index (χ1n) is 13.9. The lowest BCUT2D eigenvalue weighted by Gasteiger charge is -2.47. The summed E-state index contributed by atoms with van der Waals surface area (Å²) in [6.07, 6.45) is 3.52. The number of benzene rings is 3. The molecule has 1 N–H and O–H groups in total. The number of halogens is 4. The molecule has 0 radical (unpaired) electrons. The van der Waals surface area contributed by atoms with Gasteiger partial charge < -0.3 is 14.9 Å². The third-order valence-corrected chi connectivity index (χ3v) is 9.05. The highest BCUT2D eigenvalue weighted by atomic mass is 35.5. The molecule has 0 bridgehead atoms. The largest absolute Gasteiger partial charge is 0.396 e. The maximum Gasteiger partial charge on any atom is 0.223 e. The van der Waals surface area contributed by atoms with Gasteiger partial charge in [0.15, 0.2) is 0 Å². The van der Waals surface area contributed by atoms with Crippen molar-refractivity contribution in [1.82, 2.24) is 9.80 Å². The van der Waals surface area contributed by atoms with Crippen LogP contribution in [0.3, 0.4) is 0 Å². The molecule has 0 spiro atoms. The first-order chi connectivity index (χ1) is 19.7. The summed E-state index contributed by atoms with van der Waals surface area (Å²) < 4.78 is 0. The Labute approximate surface area is 261 Å². The molecule has 9 heteroatoms. The van der Waals surface area contributed by atoms with Crippen LogP contribution < -0.4 is 0 Å². The van der Waals surface area contributed by atoms with Crippen molar-refractivity contribution in [2.24, 2.45) is 0 Å². The highest BCUT2D eigenvalue weighted by Crippen LogP contribution is 2.27. The van der Waals surface area contributed by atoms with Crippen LogP contribution >= 0.6 is 46.4 Å². The molecule has 3 aromatic rings. The van der Waals surface area contributed by atoms with Crippen molar-refractivity contribution < 1.29 is 14.7 Å². The van der Waals surface area contributed by atoms with E-state index in [0.717, 1.165) is 16.7 Å². The van der Waals surface area contributed by atoms with Gasteiger partial charge in [0.25, 0.3) is 0 Å². The second-order valence-electron chi connectivity index (χ2n) is 10.5. The first kappa shape index (κ1) is 31.7. The van der Waals surface area contributed by atoms with Crippen molar-refractivity contribution in [3.05, 3.63) is 104 Å². The minimum atomic E-state index is -0.176. The number of carbonyl (C=O) groups is 2. The van der Waals surface area contributed by atoms with Gasteiger partial charge in [0.1, 0.15) is 0 Å². The summed E-state index contributed by atoms with van der Waals surface area (Å²) in [6, 6.07) is 20.5. The van der Waals surface area contributed by atoms with E-state index in [-0.39, 0.29) is 30.5 Å². The van der Waals surface area contributed by atoms with Crippen molar-refractivity contribution in [2.75, 3.05) is 19.7 Å². The fraction of sp³-hybridized carbons (Fsp3) is 0.375. The van der Waals surface area contributed by atoms with Crippen LogP contribution in [0.1, 0.15) is 42.4 Å². The third-order valence-electron chi connectivity index (χ3n) is 7.57. The lowest BCUT2D eigenvalue weighted by Crippen LogP contribution is -2.62. The van der Waals surface area contributed by atoms with Gasteiger partial charge >= 0.3 is 0 Å². The van der Waals surface area contributed by atoms with Crippen molar-refractivity contribution in [3.8, 4) is 0 Å². The second-order valence-corrected chi connectivity index (χ2v) is 12.1. The van der Waals surface area contributed by atoms with E-state index < -0.39 is 0 Å². The van der Waals surface area contributed by atoms with Gasteiger partial charge in [-0.2, -0.15) is 0 Å². The molecular formula is C32H34Cl4N2O3. The van der Waals surface area contributed by atoms with Gasteiger partial charge in [0.05, 0.1) is 26.1 Å². The van der Waals surface area contributed by atoms with Gasteiger partial charge in [-0.05, 0) is 73.1 Å². The maximum atomic E-state index is 13.7. The Kier molecular flexibility index (Phi) is 11.8. The summed E-state index contributed by atoms with van der Waals surface area (Å²) in [5.74, 6) is 0.0638. The molecule has 5 nitrogen and oxygen atoms in total. The van der Waals surface area contributed by atoms with E-state index >= 15 is 0 Å². The van der Waals surface area contributed by atoms with Gasteiger partial charge in [-0.1, -0.05) is 88.9 Å². The van der Waals surface area contributed by atoms with Gasteiger partial charge in [-0.25, -0.2) is 0 Å². The van der Waals surface area contributed by atoms with Gasteiger partial charge in [-0.3, -0.25) is 9.59 Å². The lowest BCUT2D eigenvalue weighted by atomic mass is 9.95. The molecule has 1 heterocycles. The molecule has 1 aliphatic heterocycles. The smallest absolute Gasteiger partial charge is 0.223 e. The van der Waals surface area contributed by atoms with Gasteiger partial charge in [0, 0.05) is 38.6 Å². The predicted molar refractivity (Wildman–Crippen MR) is 167 cm³/mol. The molecule has 2 unspecified atom stereocenters. The van der Waals surface area contributed by atoms with E-state index in [9.17, 15) is 14.7 Å². The van der Waals surface area contributed by atoms with Crippen LogP contribution in [-0.4, -0.2) is 58.5 Å². The molecule has 0 aliphatic carbocycles. The van der Waals surface area contributed by atoms with E-state index in [2.05, 4.69) is 0 Å². The van der Waals surface area contributed by atoms with Crippen LogP contribution in [0.4, 0.5) is 0 Å². The minimum Gasteiger partial charge on any atom is -0.396 e. The van der Waals surface area contributed by atoms with E-state index in [4.69, 9.17) is 46.4 Å². The first-order valence-corrected chi connectivity index (χ1v) is 15.4. The second kappa shape index (κ2) is 15.3. The zero-order valence-electron chi connectivity index (χ0n) is 22.7. The summed E-state index contributed by atoms with van der Waals surface area (Å²) in [4.78, 5) is 31.2. The number of piperazine rings is 1. The number of hydrogen-bond acceptors (Lipinski definition) is 3. The summed E-state index contributed by atoms with van der Waals surface area (Å²) in [7, 11) is 0. The van der Waals surface area contributed by atoms with Crippen molar-refractivity contribution in [3.63, 3.8) is 0 Å². The molecule has 0 saturated carbocycles. The van der Waals surface area contributed by atoms with E-state index in [0.29, 0.717) is 78.1 Å². The van der Waals surface area contributed by atoms with E-state index in [1.54, 1.807) is 24.3 Å². The molecule has 1 aliphatic rings. The Morgan fingerprint density at radius 1 is 0.683 bits per heavy atom. The molecule has 218 valence electrons. The molecule has 4 rings (SSSR count). The van der Waals surface area contributed by atoms with E-state index in [1.165, 1.54) is 0 Å². The summed E-state index contributed by atoms with van der Waals surface area (Å²) in [6.45, 7) is 0.889. The van der Waals surface area contributed by atoms with Gasteiger partial charge in [-0.15, -0.1) is 0 Å². The van der Waals surface area contributed by atoms with E-state index in [1.807, 2.05) is 52.3 Å². The number of amides is 2. The van der Waals surface area contributed by atoms with Crippen molar-refractivity contribution in [2.45, 2.75) is 57.0 Å². The molecule has 1 fully saturated rings. The van der Waals surface area contributed by atoms with Crippen molar-refractivity contribution in [1.29, 1.82) is 0 Å². The lowest BCUT2D eigenvalue weighted by molar-refractivity contribution is -0.147. The van der Waals surface area contributed by atoms with Crippen LogP contribution in [0.2, 0.25) is 20.1 Å². The number of aryl methyl sites for hydroxylation is 2.